The van der Waals surface area contributed by atoms with Crippen molar-refractivity contribution in [1.82, 2.24) is 4.90 Å². The summed E-state index contributed by atoms with van der Waals surface area (Å²) >= 11 is 3.52. The van der Waals surface area contributed by atoms with E-state index in [2.05, 4.69) is 4.90 Å². The zero-order valence-corrected chi connectivity index (χ0v) is 14.7. The third kappa shape index (κ3) is 5.28. The molecule has 4 nitrogen and oxygen atoms in total. The minimum atomic E-state index is 0.0711. The van der Waals surface area contributed by atoms with Crippen LogP contribution in [-0.2, 0) is 4.74 Å². The number of carbonyl (C=O) groups excluding carboxylic acids is 1. The third-order valence-electron chi connectivity index (χ3n) is 3.74. The summed E-state index contributed by atoms with van der Waals surface area (Å²) < 4.78 is 12.2. The number of benzene rings is 1. The average molecular weight is 351 g/mol. The van der Waals surface area contributed by atoms with Crippen molar-refractivity contribution in [2.45, 2.75) is 0 Å². The fraction of sp³-hybridized carbons (Fsp3) is 0.471. The molecule has 0 spiro atoms. The highest BCUT2D eigenvalue weighted by Crippen LogP contribution is 2.36. The van der Waals surface area contributed by atoms with Gasteiger partial charge in [0.1, 0.15) is 12.4 Å². The van der Waals surface area contributed by atoms with Crippen molar-refractivity contribution in [3.63, 3.8) is 0 Å². The molecule has 0 aromatic heterocycles. The highest BCUT2D eigenvalue weighted by atomic mass is 32.2. The van der Waals surface area contributed by atoms with Gasteiger partial charge in [-0.3, -0.25) is 9.69 Å². The smallest absolute Gasteiger partial charge is 0.187 e. The van der Waals surface area contributed by atoms with Crippen molar-refractivity contribution in [1.29, 1.82) is 0 Å². The van der Waals surface area contributed by atoms with Gasteiger partial charge in [0, 0.05) is 47.0 Å². The van der Waals surface area contributed by atoms with Crippen molar-refractivity contribution >= 4 is 29.3 Å². The van der Waals surface area contributed by atoms with Gasteiger partial charge in [0.05, 0.1) is 13.2 Å². The number of hydrogen-bond donors (Lipinski definition) is 0. The monoisotopic (exact) mass is 351 g/mol. The quantitative estimate of drug-likeness (QED) is 0.580. The Balaban J connectivity index is 1.46. The molecule has 0 bridgehead atoms. The van der Waals surface area contributed by atoms with Crippen LogP contribution < -0.4 is 4.74 Å². The lowest BCUT2D eigenvalue weighted by molar-refractivity contribution is 0.0322. The summed E-state index contributed by atoms with van der Waals surface area (Å²) in [6.45, 7) is 5.13. The van der Waals surface area contributed by atoms with E-state index in [1.165, 1.54) is 0 Å². The van der Waals surface area contributed by atoms with Gasteiger partial charge in [0.2, 0.25) is 0 Å². The number of ether oxygens (including phenoxy) is 2. The number of allylic oxidation sites excluding steroid dienone is 1. The van der Waals surface area contributed by atoms with Crippen LogP contribution in [0.4, 0.5) is 0 Å². The molecule has 1 aromatic carbocycles. The van der Waals surface area contributed by atoms with E-state index in [9.17, 15) is 4.79 Å². The molecule has 2 saturated heterocycles. The maximum atomic E-state index is 12.2. The summed E-state index contributed by atoms with van der Waals surface area (Å²) in [7, 11) is 0. The topological polar surface area (TPSA) is 38.8 Å². The molecule has 0 aliphatic carbocycles. The number of hydrogen-bond acceptors (Lipinski definition) is 6. The molecular formula is C17H21NO3S2. The summed E-state index contributed by atoms with van der Waals surface area (Å²) in [6, 6.07) is 7.43. The van der Waals surface area contributed by atoms with Crippen LogP contribution in [0.15, 0.2) is 34.6 Å². The Morgan fingerprint density at radius 1 is 1.17 bits per heavy atom. The second kappa shape index (κ2) is 8.78. The van der Waals surface area contributed by atoms with E-state index in [4.69, 9.17) is 9.47 Å². The van der Waals surface area contributed by atoms with Crippen molar-refractivity contribution in [2.75, 3.05) is 51.0 Å². The summed E-state index contributed by atoms with van der Waals surface area (Å²) in [5.41, 5.74) is 0.714. The molecule has 0 unspecified atom stereocenters. The van der Waals surface area contributed by atoms with E-state index < -0.39 is 0 Å². The Morgan fingerprint density at radius 3 is 2.57 bits per heavy atom. The van der Waals surface area contributed by atoms with Gasteiger partial charge >= 0.3 is 0 Å². The number of thioether (sulfide) groups is 2. The molecular weight excluding hydrogens is 330 g/mol. The number of morpholine rings is 1. The molecule has 3 rings (SSSR count). The molecule has 0 amide bonds. The van der Waals surface area contributed by atoms with E-state index in [-0.39, 0.29) is 5.78 Å². The van der Waals surface area contributed by atoms with Crippen molar-refractivity contribution < 1.29 is 14.3 Å². The number of rotatable bonds is 6. The van der Waals surface area contributed by atoms with Crippen LogP contribution in [0.2, 0.25) is 0 Å². The molecule has 23 heavy (non-hydrogen) atoms. The van der Waals surface area contributed by atoms with E-state index in [0.717, 1.165) is 54.3 Å². The number of nitrogens with zero attached hydrogens (tertiary/aromatic N) is 1. The fourth-order valence-corrected chi connectivity index (χ4v) is 4.72. The van der Waals surface area contributed by atoms with E-state index in [1.807, 2.05) is 24.3 Å². The second-order valence-corrected chi connectivity index (χ2v) is 7.88. The zero-order valence-electron chi connectivity index (χ0n) is 13.0. The number of carbonyl (C=O) groups is 1. The highest BCUT2D eigenvalue weighted by molar-refractivity contribution is 8.25. The molecule has 6 heteroatoms. The normalized spacial score (nSPS) is 18.9. The third-order valence-corrected chi connectivity index (χ3v) is 6.33. The largest absolute Gasteiger partial charge is 0.492 e. The molecule has 124 valence electrons. The average Bonchev–Trinajstić information content (AvgIpc) is 3.09. The molecule has 2 aliphatic rings. The molecule has 0 N–H and O–H groups in total. The van der Waals surface area contributed by atoms with Crippen molar-refractivity contribution in [3.8, 4) is 5.75 Å². The fourth-order valence-electron chi connectivity index (χ4n) is 2.43. The summed E-state index contributed by atoms with van der Waals surface area (Å²) in [4.78, 5) is 14.5. The highest BCUT2D eigenvalue weighted by Gasteiger charge is 2.12. The first-order valence-corrected chi connectivity index (χ1v) is 9.83. The minimum Gasteiger partial charge on any atom is -0.492 e. The molecule has 2 aliphatic heterocycles. The first-order valence-electron chi connectivity index (χ1n) is 7.86. The van der Waals surface area contributed by atoms with E-state index >= 15 is 0 Å². The summed E-state index contributed by atoms with van der Waals surface area (Å²) in [6.07, 6.45) is 1.75. The maximum absolute atomic E-state index is 12.2. The van der Waals surface area contributed by atoms with Crippen LogP contribution >= 0.6 is 23.5 Å². The first kappa shape index (κ1) is 16.9. The molecule has 0 saturated carbocycles. The Labute approximate surface area is 145 Å². The van der Waals surface area contributed by atoms with Gasteiger partial charge in [-0.05, 0) is 24.3 Å². The Kier molecular flexibility index (Phi) is 6.45. The second-order valence-electron chi connectivity index (χ2n) is 5.35. The van der Waals surface area contributed by atoms with Gasteiger partial charge in [0.25, 0.3) is 0 Å². The van der Waals surface area contributed by atoms with Gasteiger partial charge in [-0.2, -0.15) is 0 Å². The van der Waals surface area contributed by atoms with Crippen LogP contribution in [-0.4, -0.2) is 61.6 Å². The van der Waals surface area contributed by atoms with E-state index in [1.54, 1.807) is 29.6 Å². The number of ketones is 1. The standard InChI is InChI=1S/C17H21NO3S2/c19-16(13-17-22-11-12-23-17)14-1-3-15(4-2-14)21-10-7-18-5-8-20-9-6-18/h1-4,13H,5-12H2. The van der Waals surface area contributed by atoms with Crippen LogP contribution in [0.5, 0.6) is 5.75 Å². The van der Waals surface area contributed by atoms with Crippen LogP contribution in [0.1, 0.15) is 10.4 Å². The molecule has 0 radical (unpaired) electrons. The van der Waals surface area contributed by atoms with E-state index in [0.29, 0.717) is 12.2 Å². The zero-order chi connectivity index (χ0) is 15.9. The maximum Gasteiger partial charge on any atom is 0.187 e. The molecule has 0 atom stereocenters. The van der Waals surface area contributed by atoms with Crippen LogP contribution in [0, 0.1) is 0 Å². The molecule has 1 aromatic rings. The van der Waals surface area contributed by atoms with Gasteiger partial charge < -0.3 is 9.47 Å². The Bertz CT molecular complexity index is 545. The lowest BCUT2D eigenvalue weighted by Crippen LogP contribution is -2.38. The first-order chi connectivity index (χ1) is 11.3. The van der Waals surface area contributed by atoms with Gasteiger partial charge in [-0.1, -0.05) is 0 Å². The van der Waals surface area contributed by atoms with Crippen molar-refractivity contribution in [2.24, 2.45) is 0 Å². The molecule has 2 fully saturated rings. The predicted molar refractivity (Wildman–Crippen MR) is 96.5 cm³/mol. The predicted octanol–water partition coefficient (Wildman–Crippen LogP) is 2.90. The lowest BCUT2D eigenvalue weighted by Gasteiger charge is -2.26. The van der Waals surface area contributed by atoms with Gasteiger partial charge in [0.15, 0.2) is 5.78 Å². The van der Waals surface area contributed by atoms with Gasteiger partial charge in [-0.25, -0.2) is 0 Å². The lowest BCUT2D eigenvalue weighted by atomic mass is 10.1. The SMILES string of the molecule is O=C(C=C1SCCS1)c1ccc(OCCN2CCOCC2)cc1. The van der Waals surface area contributed by atoms with Crippen LogP contribution in [0.3, 0.4) is 0 Å². The van der Waals surface area contributed by atoms with Crippen LogP contribution in [0.25, 0.3) is 0 Å². The minimum absolute atomic E-state index is 0.0711. The summed E-state index contributed by atoms with van der Waals surface area (Å²) in [5, 5.41) is 0. The molecule has 2 heterocycles. The Hall–Kier alpha value is -0.950. The Morgan fingerprint density at radius 2 is 1.87 bits per heavy atom. The van der Waals surface area contributed by atoms with Gasteiger partial charge in [-0.15, -0.1) is 23.5 Å². The van der Waals surface area contributed by atoms with Crippen molar-refractivity contribution in [3.05, 3.63) is 40.1 Å². The summed E-state index contributed by atoms with van der Waals surface area (Å²) in [5.74, 6) is 3.08.